The van der Waals surface area contributed by atoms with E-state index >= 15 is 0 Å². The van der Waals surface area contributed by atoms with E-state index in [2.05, 4.69) is 34.6 Å². The minimum absolute atomic E-state index is 0.0598. The molecule has 0 aromatic heterocycles. The topological polar surface area (TPSA) is 35.5 Å². The highest BCUT2D eigenvalue weighted by molar-refractivity contribution is 5.81. The van der Waals surface area contributed by atoms with Crippen molar-refractivity contribution in [2.45, 2.75) is 79.2 Å². The maximum absolute atomic E-state index is 12.5. The van der Waals surface area contributed by atoms with Crippen molar-refractivity contribution in [3.05, 3.63) is 0 Å². The van der Waals surface area contributed by atoms with Crippen molar-refractivity contribution in [1.82, 2.24) is 0 Å². The predicted molar refractivity (Wildman–Crippen MR) is 79.2 cm³/mol. The van der Waals surface area contributed by atoms with Gasteiger partial charge in [0.1, 0.15) is 0 Å². The van der Waals surface area contributed by atoms with Gasteiger partial charge in [0.25, 0.3) is 0 Å². The molecule has 0 saturated heterocycles. The molecule has 0 amide bonds. The molecule has 0 spiro atoms. The lowest BCUT2D eigenvalue weighted by atomic mass is 9.79. The van der Waals surface area contributed by atoms with Gasteiger partial charge in [-0.1, -0.05) is 47.5 Å². The van der Waals surface area contributed by atoms with E-state index in [0.717, 1.165) is 25.7 Å². The summed E-state index contributed by atoms with van der Waals surface area (Å²) in [5, 5.41) is 0. The molecule has 0 aromatic rings. The molecule has 0 N–H and O–H groups in total. The molecule has 0 aromatic carbocycles. The van der Waals surface area contributed by atoms with Gasteiger partial charge in [0.15, 0.2) is 6.79 Å². The Labute approximate surface area is 123 Å². The number of hydrogen-bond donors (Lipinski definition) is 0. The smallest absolute Gasteiger partial charge is 0.314 e. The Kier molecular flexibility index (Phi) is 4.21. The molecular formula is C17H30O3. The highest BCUT2D eigenvalue weighted by atomic mass is 16.7. The third-order valence-electron chi connectivity index (χ3n) is 4.93. The summed E-state index contributed by atoms with van der Waals surface area (Å²) in [6, 6.07) is 0. The van der Waals surface area contributed by atoms with Gasteiger partial charge in [-0.05, 0) is 36.5 Å². The lowest BCUT2D eigenvalue weighted by molar-refractivity contribution is -0.170. The highest BCUT2D eigenvalue weighted by Crippen LogP contribution is 2.68. The summed E-state index contributed by atoms with van der Waals surface area (Å²) in [4.78, 5) is 12.5. The summed E-state index contributed by atoms with van der Waals surface area (Å²) in [5.74, 6) is -0.0598. The zero-order valence-corrected chi connectivity index (χ0v) is 13.8. The quantitative estimate of drug-likeness (QED) is 0.557. The molecule has 0 heterocycles. The van der Waals surface area contributed by atoms with Crippen LogP contribution in [0.3, 0.4) is 0 Å². The van der Waals surface area contributed by atoms with Crippen molar-refractivity contribution in [1.29, 1.82) is 0 Å². The van der Waals surface area contributed by atoms with Crippen molar-refractivity contribution in [2.24, 2.45) is 16.2 Å². The van der Waals surface area contributed by atoms with E-state index < -0.39 is 0 Å². The number of esters is 1. The van der Waals surface area contributed by atoms with Gasteiger partial charge in [-0.25, -0.2) is 0 Å². The summed E-state index contributed by atoms with van der Waals surface area (Å²) in [7, 11) is 0. The van der Waals surface area contributed by atoms with Gasteiger partial charge in [0.05, 0.1) is 11.5 Å². The molecule has 2 aliphatic rings. The summed E-state index contributed by atoms with van der Waals surface area (Å²) in [6.45, 7) is 11.0. The summed E-state index contributed by atoms with van der Waals surface area (Å²) >= 11 is 0. The van der Waals surface area contributed by atoms with Crippen LogP contribution < -0.4 is 0 Å². The van der Waals surface area contributed by atoms with Gasteiger partial charge < -0.3 is 9.47 Å². The first kappa shape index (κ1) is 15.8. The van der Waals surface area contributed by atoms with Crippen molar-refractivity contribution in [3.8, 4) is 0 Å². The van der Waals surface area contributed by atoms with Gasteiger partial charge in [-0.15, -0.1) is 0 Å². The van der Waals surface area contributed by atoms with E-state index in [-0.39, 0.29) is 29.0 Å². The molecule has 0 aliphatic heterocycles. The molecule has 1 unspecified atom stereocenters. The van der Waals surface area contributed by atoms with E-state index in [0.29, 0.717) is 6.10 Å². The van der Waals surface area contributed by atoms with E-state index in [9.17, 15) is 4.79 Å². The molecule has 2 rings (SSSR count). The number of carbonyl (C=O) groups is 1. The Morgan fingerprint density at radius 3 is 2.20 bits per heavy atom. The fourth-order valence-electron chi connectivity index (χ4n) is 3.71. The van der Waals surface area contributed by atoms with Crippen molar-refractivity contribution in [3.63, 3.8) is 0 Å². The van der Waals surface area contributed by atoms with Gasteiger partial charge >= 0.3 is 5.97 Å². The van der Waals surface area contributed by atoms with Crippen LogP contribution in [0.1, 0.15) is 73.1 Å². The van der Waals surface area contributed by atoms with Crippen molar-refractivity contribution >= 4 is 5.97 Å². The average molecular weight is 282 g/mol. The Morgan fingerprint density at radius 2 is 1.75 bits per heavy atom. The molecule has 1 atom stereocenters. The van der Waals surface area contributed by atoms with Crippen LogP contribution in [0.15, 0.2) is 0 Å². The Hall–Kier alpha value is -0.570. The second kappa shape index (κ2) is 5.32. The molecule has 3 nitrogen and oxygen atoms in total. The number of carbonyl (C=O) groups excluding carboxylic acids is 1. The second-order valence-electron chi connectivity index (χ2n) is 8.50. The first-order chi connectivity index (χ1) is 9.16. The fourth-order valence-corrected chi connectivity index (χ4v) is 3.71. The molecule has 0 bridgehead atoms. The molecule has 20 heavy (non-hydrogen) atoms. The van der Waals surface area contributed by atoms with E-state index in [4.69, 9.17) is 9.47 Å². The summed E-state index contributed by atoms with van der Waals surface area (Å²) in [5.41, 5.74) is -0.103. The first-order valence-electron chi connectivity index (χ1n) is 7.95. The third-order valence-corrected chi connectivity index (χ3v) is 4.93. The Balaban J connectivity index is 1.85. The Morgan fingerprint density at radius 1 is 1.20 bits per heavy atom. The molecule has 0 radical (unpaired) electrons. The van der Waals surface area contributed by atoms with Crippen LogP contribution in [0.2, 0.25) is 0 Å². The number of rotatable bonds is 5. The monoisotopic (exact) mass is 282 g/mol. The van der Waals surface area contributed by atoms with Crippen LogP contribution in [0.4, 0.5) is 0 Å². The lowest BCUT2D eigenvalue weighted by Gasteiger charge is -2.27. The van der Waals surface area contributed by atoms with Gasteiger partial charge in [0, 0.05) is 0 Å². The van der Waals surface area contributed by atoms with Crippen LogP contribution in [0.25, 0.3) is 0 Å². The zero-order valence-electron chi connectivity index (χ0n) is 13.8. The van der Waals surface area contributed by atoms with Gasteiger partial charge in [-0.3, -0.25) is 4.79 Å². The predicted octanol–water partition coefficient (Wildman–Crippen LogP) is 4.30. The van der Waals surface area contributed by atoms with Gasteiger partial charge in [0.2, 0.25) is 0 Å². The number of ether oxygens (including phenoxy) is 2. The average Bonchev–Trinajstić information content (AvgIpc) is 2.69. The molecule has 116 valence electrons. The van der Waals surface area contributed by atoms with E-state index in [1.165, 1.54) is 12.8 Å². The van der Waals surface area contributed by atoms with Crippen LogP contribution in [-0.4, -0.2) is 18.9 Å². The second-order valence-corrected chi connectivity index (χ2v) is 8.50. The lowest BCUT2D eigenvalue weighted by Crippen LogP contribution is -2.30. The normalized spacial score (nSPS) is 29.4. The largest absolute Gasteiger partial charge is 0.438 e. The number of hydrogen-bond acceptors (Lipinski definition) is 3. The van der Waals surface area contributed by atoms with Gasteiger partial charge in [-0.2, -0.15) is 0 Å². The van der Waals surface area contributed by atoms with Crippen LogP contribution in [0.5, 0.6) is 0 Å². The molecule has 2 saturated carbocycles. The minimum atomic E-state index is -0.301. The standard InChI is InChI=1S/C17H30O3/c1-15(2,3)10-17(11-16(17,4)5)14(18)20-12-19-13-8-6-7-9-13/h13H,6-12H2,1-5H3. The molecular weight excluding hydrogens is 252 g/mol. The zero-order chi connectivity index (χ0) is 15.0. The van der Waals surface area contributed by atoms with Crippen LogP contribution in [-0.2, 0) is 14.3 Å². The summed E-state index contributed by atoms with van der Waals surface area (Å²) in [6.07, 6.45) is 6.80. The maximum Gasteiger partial charge on any atom is 0.314 e. The SMILES string of the molecule is CC(C)(C)CC1(C(=O)OCOC2CCCC2)CC1(C)C. The molecule has 2 aliphatic carbocycles. The first-order valence-corrected chi connectivity index (χ1v) is 7.95. The van der Waals surface area contributed by atoms with E-state index in [1.807, 2.05) is 0 Å². The van der Waals surface area contributed by atoms with Crippen molar-refractivity contribution in [2.75, 3.05) is 6.79 Å². The minimum Gasteiger partial charge on any atom is -0.438 e. The highest BCUT2D eigenvalue weighted by Gasteiger charge is 2.67. The van der Waals surface area contributed by atoms with E-state index in [1.54, 1.807) is 0 Å². The fraction of sp³-hybridized carbons (Fsp3) is 0.941. The maximum atomic E-state index is 12.5. The third kappa shape index (κ3) is 3.36. The van der Waals surface area contributed by atoms with Crippen LogP contribution in [0, 0.1) is 16.2 Å². The summed E-state index contributed by atoms with van der Waals surface area (Å²) < 4.78 is 11.1. The molecule has 2 fully saturated rings. The van der Waals surface area contributed by atoms with Crippen molar-refractivity contribution < 1.29 is 14.3 Å². The Bertz CT molecular complexity index is 361. The van der Waals surface area contributed by atoms with Crippen LogP contribution >= 0.6 is 0 Å². The molecule has 3 heteroatoms.